The van der Waals surface area contributed by atoms with E-state index >= 15 is 0 Å². The van der Waals surface area contributed by atoms with Crippen LogP contribution in [0.25, 0.3) is 10.8 Å². The molecule has 2 aromatic carbocycles. The Balaban J connectivity index is 1.53. The molecule has 4 rings (SSSR count). The number of amidine groups is 1. The van der Waals surface area contributed by atoms with Crippen LogP contribution < -0.4 is 5.32 Å². The van der Waals surface area contributed by atoms with E-state index in [1.165, 1.54) is 16.3 Å². The first-order chi connectivity index (χ1) is 10.4. The number of hydrogen-bond donors (Lipinski definition) is 1. The summed E-state index contributed by atoms with van der Waals surface area (Å²) in [6.07, 6.45) is 4.78. The quantitative estimate of drug-likeness (QED) is 0.743. The van der Waals surface area contributed by atoms with Crippen molar-refractivity contribution in [2.24, 2.45) is 4.99 Å². The van der Waals surface area contributed by atoms with Gasteiger partial charge in [0.25, 0.3) is 0 Å². The molecule has 3 aromatic rings. The molecule has 0 radical (unpaired) electrons. The smallest absolute Gasteiger partial charge is 0.133 e. The predicted molar refractivity (Wildman–Crippen MR) is 85.8 cm³/mol. The van der Waals surface area contributed by atoms with Gasteiger partial charge >= 0.3 is 0 Å². The van der Waals surface area contributed by atoms with Gasteiger partial charge in [0.1, 0.15) is 5.84 Å². The number of aliphatic imine (C=N–C) groups is 1. The Morgan fingerprint density at radius 1 is 1.10 bits per heavy atom. The summed E-state index contributed by atoms with van der Waals surface area (Å²) in [5.41, 5.74) is 2.37. The molecule has 0 amide bonds. The molecular weight excluding hydrogens is 260 g/mol. The zero-order chi connectivity index (χ0) is 14.1. The van der Waals surface area contributed by atoms with Gasteiger partial charge in [0, 0.05) is 42.1 Å². The first kappa shape index (κ1) is 12.1. The average Bonchev–Trinajstić information content (AvgIpc) is 3.14. The van der Waals surface area contributed by atoms with Crippen molar-refractivity contribution in [3.8, 4) is 0 Å². The van der Waals surface area contributed by atoms with Crippen molar-refractivity contribution in [1.29, 1.82) is 0 Å². The molecule has 4 nitrogen and oxygen atoms in total. The first-order valence-corrected chi connectivity index (χ1v) is 7.23. The maximum atomic E-state index is 4.73. The van der Waals surface area contributed by atoms with Crippen LogP contribution in [0.15, 0.2) is 59.9 Å². The number of hydrogen-bond acceptors (Lipinski definition) is 2. The molecule has 0 aliphatic carbocycles. The second-order valence-electron chi connectivity index (χ2n) is 5.19. The van der Waals surface area contributed by atoms with Crippen LogP contribution in [0.5, 0.6) is 0 Å². The maximum Gasteiger partial charge on any atom is 0.133 e. The van der Waals surface area contributed by atoms with Gasteiger partial charge in [-0.25, -0.2) is 0 Å². The molecule has 104 valence electrons. The van der Waals surface area contributed by atoms with Gasteiger partial charge in [-0.1, -0.05) is 30.3 Å². The number of nitrogens with zero attached hydrogens (tertiary/aromatic N) is 3. The number of rotatable bonds is 4. The van der Waals surface area contributed by atoms with E-state index in [1.54, 1.807) is 0 Å². The predicted octanol–water partition coefficient (Wildman–Crippen LogP) is 3.30. The second kappa shape index (κ2) is 5.05. The van der Waals surface area contributed by atoms with Gasteiger partial charge in [-0.15, -0.1) is 0 Å². The summed E-state index contributed by atoms with van der Waals surface area (Å²) in [6, 6.07) is 14.6. The second-order valence-corrected chi connectivity index (χ2v) is 5.19. The van der Waals surface area contributed by atoms with Crippen LogP contribution in [0.1, 0.15) is 12.0 Å². The van der Waals surface area contributed by atoms with Crippen LogP contribution in [-0.4, -0.2) is 22.2 Å². The van der Waals surface area contributed by atoms with E-state index in [9.17, 15) is 0 Å². The van der Waals surface area contributed by atoms with Crippen molar-refractivity contribution in [3.05, 3.63) is 60.4 Å². The molecule has 0 spiro atoms. The molecule has 0 atom stereocenters. The third-order valence-corrected chi connectivity index (χ3v) is 3.79. The first-order valence-electron chi connectivity index (χ1n) is 7.23. The molecule has 2 heterocycles. The van der Waals surface area contributed by atoms with Crippen LogP contribution in [-0.2, 0) is 6.54 Å². The van der Waals surface area contributed by atoms with Crippen molar-refractivity contribution in [1.82, 2.24) is 9.78 Å². The van der Waals surface area contributed by atoms with E-state index in [0.717, 1.165) is 31.0 Å². The standard InChI is InChI=1S/C17H16N4/c1-5-13-6-2-8-15-16(13)14(7-1)17(20-15)18-9-3-11-21-12-4-10-19-21/h1-2,4-8,10,12H,3,9,11H2,(H,18,20). The fourth-order valence-corrected chi connectivity index (χ4v) is 2.82. The van der Waals surface area contributed by atoms with Gasteiger partial charge in [0.15, 0.2) is 0 Å². The average molecular weight is 276 g/mol. The topological polar surface area (TPSA) is 42.2 Å². The highest BCUT2D eigenvalue weighted by atomic mass is 15.3. The zero-order valence-electron chi connectivity index (χ0n) is 11.7. The lowest BCUT2D eigenvalue weighted by Gasteiger charge is -2.02. The fourth-order valence-electron chi connectivity index (χ4n) is 2.82. The van der Waals surface area contributed by atoms with E-state index in [0.29, 0.717) is 0 Å². The van der Waals surface area contributed by atoms with Crippen LogP contribution in [0, 0.1) is 0 Å². The summed E-state index contributed by atoms with van der Waals surface area (Å²) in [5.74, 6) is 0.988. The van der Waals surface area contributed by atoms with Gasteiger partial charge in [0.05, 0.1) is 0 Å². The van der Waals surface area contributed by atoms with Crippen molar-refractivity contribution in [2.75, 3.05) is 11.9 Å². The number of nitrogens with one attached hydrogen (secondary N) is 1. The van der Waals surface area contributed by atoms with Gasteiger partial charge in [0.2, 0.25) is 0 Å². The van der Waals surface area contributed by atoms with Crippen molar-refractivity contribution in [2.45, 2.75) is 13.0 Å². The molecule has 0 unspecified atom stereocenters. The van der Waals surface area contributed by atoms with Crippen LogP contribution in [0.2, 0.25) is 0 Å². The summed E-state index contributed by atoms with van der Waals surface area (Å²) in [5, 5.41) is 10.2. The minimum Gasteiger partial charge on any atom is -0.339 e. The Bertz CT molecular complexity index is 798. The van der Waals surface area contributed by atoms with Gasteiger partial charge < -0.3 is 5.32 Å². The normalized spacial score (nSPS) is 14.8. The summed E-state index contributed by atoms with van der Waals surface area (Å²) < 4.78 is 1.94. The van der Waals surface area contributed by atoms with E-state index in [2.05, 4.69) is 46.8 Å². The van der Waals surface area contributed by atoms with Crippen LogP contribution in [0.3, 0.4) is 0 Å². The lowest BCUT2D eigenvalue weighted by atomic mass is 10.1. The van der Waals surface area contributed by atoms with Crippen molar-refractivity contribution < 1.29 is 0 Å². The number of aromatic nitrogens is 2. The van der Waals surface area contributed by atoms with E-state index in [1.807, 2.05) is 23.1 Å². The molecule has 0 fully saturated rings. The molecule has 1 aromatic heterocycles. The lowest BCUT2D eigenvalue weighted by molar-refractivity contribution is 0.585. The Morgan fingerprint density at radius 2 is 2.00 bits per heavy atom. The summed E-state index contributed by atoms with van der Waals surface area (Å²) >= 11 is 0. The molecular formula is C17H16N4. The molecule has 0 saturated heterocycles. The third-order valence-electron chi connectivity index (χ3n) is 3.79. The third kappa shape index (κ3) is 2.18. The van der Waals surface area contributed by atoms with Crippen LogP contribution >= 0.6 is 0 Å². The number of benzene rings is 2. The molecule has 1 N–H and O–H groups in total. The van der Waals surface area contributed by atoms with E-state index < -0.39 is 0 Å². The largest absolute Gasteiger partial charge is 0.339 e. The Kier molecular flexibility index (Phi) is 2.92. The monoisotopic (exact) mass is 276 g/mol. The minimum absolute atomic E-state index is 0.798. The molecule has 21 heavy (non-hydrogen) atoms. The van der Waals surface area contributed by atoms with Crippen LogP contribution in [0.4, 0.5) is 5.69 Å². The molecule has 4 heteroatoms. The van der Waals surface area contributed by atoms with Gasteiger partial charge in [-0.05, 0) is 23.9 Å². The molecule has 0 saturated carbocycles. The number of aryl methyl sites for hydroxylation is 1. The zero-order valence-corrected chi connectivity index (χ0v) is 11.7. The lowest BCUT2D eigenvalue weighted by Crippen LogP contribution is -2.09. The van der Waals surface area contributed by atoms with Gasteiger partial charge in [-0.2, -0.15) is 5.10 Å². The summed E-state index contributed by atoms with van der Waals surface area (Å²) in [4.78, 5) is 4.73. The number of anilines is 1. The summed E-state index contributed by atoms with van der Waals surface area (Å²) in [7, 11) is 0. The SMILES string of the molecule is c1cc2c3c(cccc3c1)C(=NCCCn1cccn1)N2. The molecule has 1 aliphatic heterocycles. The Hall–Kier alpha value is -2.62. The van der Waals surface area contributed by atoms with E-state index in [-0.39, 0.29) is 0 Å². The maximum absolute atomic E-state index is 4.73. The van der Waals surface area contributed by atoms with Crippen molar-refractivity contribution in [3.63, 3.8) is 0 Å². The molecule has 0 bridgehead atoms. The highest BCUT2D eigenvalue weighted by Gasteiger charge is 2.18. The fraction of sp³-hybridized carbons (Fsp3) is 0.176. The van der Waals surface area contributed by atoms with Gasteiger partial charge in [-0.3, -0.25) is 9.67 Å². The minimum atomic E-state index is 0.798. The summed E-state index contributed by atoms with van der Waals surface area (Å²) in [6.45, 7) is 1.70. The highest BCUT2D eigenvalue weighted by Crippen LogP contribution is 2.32. The Labute approximate surface area is 123 Å². The van der Waals surface area contributed by atoms with Crippen molar-refractivity contribution >= 4 is 22.3 Å². The Morgan fingerprint density at radius 3 is 2.86 bits per heavy atom. The highest BCUT2D eigenvalue weighted by molar-refractivity contribution is 6.25. The molecule has 1 aliphatic rings. The van der Waals surface area contributed by atoms with E-state index in [4.69, 9.17) is 4.99 Å².